The molecule has 4 nitrogen and oxygen atoms in total. The first-order valence-corrected chi connectivity index (χ1v) is 6.65. The Bertz CT molecular complexity index is 367. The van der Waals surface area contributed by atoms with Crippen molar-refractivity contribution in [3.8, 4) is 0 Å². The summed E-state index contributed by atoms with van der Waals surface area (Å²) in [6.07, 6.45) is 0.276. The van der Waals surface area contributed by atoms with Crippen molar-refractivity contribution in [2.75, 3.05) is 13.2 Å². The van der Waals surface area contributed by atoms with Crippen molar-refractivity contribution in [1.29, 1.82) is 0 Å². The van der Waals surface area contributed by atoms with Crippen LogP contribution in [0.15, 0.2) is 12.2 Å². The summed E-state index contributed by atoms with van der Waals surface area (Å²) in [5.41, 5.74) is -5.03. The Hall–Kier alpha value is -0.890. The molecule has 0 rings (SSSR count). The second-order valence-electron chi connectivity index (χ2n) is 4.88. The highest BCUT2D eigenvalue weighted by atomic mass is 32.2. The van der Waals surface area contributed by atoms with Gasteiger partial charge in [0.25, 0.3) is 0 Å². The topological polar surface area (TPSA) is 55.4 Å². The van der Waals surface area contributed by atoms with E-state index in [0.717, 1.165) is 0 Å². The largest absolute Gasteiger partial charge is 0.485 e. The molecular weight excluding hydrogens is 283 g/mol. The molecular formula is C11H18F3NO3S. The molecule has 0 aromatic carbocycles. The Balaban J connectivity index is 4.08. The summed E-state index contributed by atoms with van der Waals surface area (Å²) in [5.74, 6) is -0.542. The van der Waals surface area contributed by atoms with Crippen LogP contribution in [0.3, 0.4) is 0 Å². The second kappa shape index (κ2) is 7.04. The fourth-order valence-electron chi connectivity index (χ4n) is 1.02. The number of carbonyl (C=O) groups is 1. The summed E-state index contributed by atoms with van der Waals surface area (Å²) in [6.45, 7) is 8.35. The molecule has 0 aliphatic heterocycles. The third kappa shape index (κ3) is 7.99. The lowest BCUT2D eigenvalue weighted by Crippen LogP contribution is -2.33. The summed E-state index contributed by atoms with van der Waals surface area (Å²) in [7, 11) is -3.06. The molecule has 0 aliphatic carbocycles. The number of rotatable bonds is 7. The first-order valence-electron chi connectivity index (χ1n) is 5.50. The molecule has 0 aromatic heterocycles. The molecule has 0 spiro atoms. The fraction of sp³-hybridized carbons (Fsp3) is 0.727. The first-order chi connectivity index (χ1) is 8.46. The zero-order valence-corrected chi connectivity index (χ0v) is 11.9. The Morgan fingerprint density at radius 1 is 1.37 bits per heavy atom. The van der Waals surface area contributed by atoms with E-state index in [4.69, 9.17) is 4.74 Å². The van der Waals surface area contributed by atoms with Gasteiger partial charge in [0.05, 0.1) is 6.61 Å². The normalized spacial score (nSPS) is 14.0. The number of alkyl halides is 3. The zero-order chi connectivity index (χ0) is 15.3. The molecule has 0 heterocycles. The van der Waals surface area contributed by atoms with Gasteiger partial charge in [-0.1, -0.05) is 20.4 Å². The van der Waals surface area contributed by atoms with Gasteiger partial charge in [-0.25, -0.2) is 13.7 Å². The van der Waals surface area contributed by atoms with Crippen molar-refractivity contribution in [1.82, 2.24) is 4.72 Å². The van der Waals surface area contributed by atoms with E-state index in [1.165, 1.54) is 6.92 Å². The molecule has 8 heteroatoms. The van der Waals surface area contributed by atoms with E-state index in [1.807, 2.05) is 4.72 Å². The third-order valence-corrected chi connectivity index (χ3v) is 3.07. The van der Waals surface area contributed by atoms with Crippen LogP contribution >= 0.6 is 0 Å². The number of halogens is 3. The summed E-state index contributed by atoms with van der Waals surface area (Å²) < 4.78 is 53.4. The highest BCUT2D eigenvalue weighted by Gasteiger charge is 2.37. The number of nitrogens with one attached hydrogen (secondary N) is 1. The van der Waals surface area contributed by atoms with Gasteiger partial charge in [0.1, 0.15) is 0 Å². The van der Waals surface area contributed by atoms with Crippen molar-refractivity contribution in [2.24, 2.45) is 5.41 Å². The van der Waals surface area contributed by atoms with Crippen molar-refractivity contribution >= 4 is 17.0 Å². The van der Waals surface area contributed by atoms with Gasteiger partial charge in [-0.15, -0.1) is 0 Å². The molecule has 0 saturated heterocycles. The number of carbonyl (C=O) groups excluding carboxylic acids is 1. The molecule has 19 heavy (non-hydrogen) atoms. The van der Waals surface area contributed by atoms with Gasteiger partial charge >= 0.3 is 11.5 Å². The van der Waals surface area contributed by atoms with E-state index < -0.39 is 27.9 Å². The SMILES string of the molecule is C=C(C)C(=O)OCC(C)(C)CCNS(=O)C(F)(F)F. The van der Waals surface area contributed by atoms with Crippen LogP contribution in [0.1, 0.15) is 27.2 Å². The summed E-state index contributed by atoms with van der Waals surface area (Å²) in [5, 5.41) is 0. The molecule has 1 atom stereocenters. The molecule has 1 unspecified atom stereocenters. The van der Waals surface area contributed by atoms with Gasteiger partial charge < -0.3 is 4.74 Å². The van der Waals surface area contributed by atoms with Crippen LogP contribution in [0.25, 0.3) is 0 Å². The highest BCUT2D eigenvalue weighted by molar-refractivity contribution is 7.83. The second-order valence-corrected chi connectivity index (χ2v) is 6.17. The number of esters is 1. The van der Waals surface area contributed by atoms with E-state index in [1.54, 1.807) is 13.8 Å². The minimum Gasteiger partial charge on any atom is -0.462 e. The number of hydrogen-bond acceptors (Lipinski definition) is 3. The molecule has 0 aliphatic rings. The monoisotopic (exact) mass is 301 g/mol. The van der Waals surface area contributed by atoms with E-state index in [9.17, 15) is 22.2 Å². The standard InChI is InChI=1S/C11H18F3NO3S/c1-8(2)9(16)18-7-10(3,4)5-6-15-19(17)11(12,13)14/h15H,1,5-7H2,2-4H3. The van der Waals surface area contributed by atoms with E-state index >= 15 is 0 Å². The Kier molecular flexibility index (Phi) is 6.71. The predicted octanol–water partition coefficient (Wildman–Crippen LogP) is 2.30. The molecule has 0 bridgehead atoms. The summed E-state index contributed by atoms with van der Waals surface area (Å²) in [6, 6.07) is 0. The van der Waals surface area contributed by atoms with Crippen molar-refractivity contribution in [3.05, 3.63) is 12.2 Å². The lowest BCUT2D eigenvalue weighted by Gasteiger charge is -2.24. The Labute approximate surface area is 113 Å². The quantitative estimate of drug-likeness (QED) is 0.580. The van der Waals surface area contributed by atoms with Crippen molar-refractivity contribution < 1.29 is 26.9 Å². The number of hydrogen-bond donors (Lipinski definition) is 1. The van der Waals surface area contributed by atoms with E-state index in [0.29, 0.717) is 0 Å². The molecule has 0 amide bonds. The average Bonchev–Trinajstić information content (AvgIpc) is 2.24. The predicted molar refractivity (Wildman–Crippen MR) is 66.4 cm³/mol. The Morgan fingerprint density at radius 3 is 2.32 bits per heavy atom. The van der Waals surface area contributed by atoms with Gasteiger partial charge in [0, 0.05) is 17.5 Å². The maximum atomic E-state index is 12.0. The van der Waals surface area contributed by atoms with Gasteiger partial charge in [0.2, 0.25) is 0 Å². The van der Waals surface area contributed by atoms with Crippen molar-refractivity contribution in [2.45, 2.75) is 32.7 Å². The summed E-state index contributed by atoms with van der Waals surface area (Å²) in [4.78, 5) is 11.2. The van der Waals surface area contributed by atoms with Gasteiger partial charge in [-0.05, 0) is 13.3 Å². The number of ether oxygens (including phenoxy) is 1. The average molecular weight is 301 g/mol. The molecule has 112 valence electrons. The van der Waals surface area contributed by atoms with Crippen LogP contribution in [0.4, 0.5) is 13.2 Å². The maximum absolute atomic E-state index is 12.0. The third-order valence-electron chi connectivity index (χ3n) is 2.19. The lowest BCUT2D eigenvalue weighted by molar-refractivity contribution is -0.142. The van der Waals surface area contributed by atoms with Crippen LogP contribution < -0.4 is 4.72 Å². The first kappa shape index (κ1) is 18.1. The molecule has 0 radical (unpaired) electrons. The van der Waals surface area contributed by atoms with Crippen LogP contribution in [0.2, 0.25) is 0 Å². The van der Waals surface area contributed by atoms with Crippen molar-refractivity contribution in [3.63, 3.8) is 0 Å². The van der Waals surface area contributed by atoms with E-state index in [-0.39, 0.29) is 25.1 Å². The van der Waals surface area contributed by atoms with Crippen LogP contribution in [0.5, 0.6) is 0 Å². The lowest BCUT2D eigenvalue weighted by atomic mass is 9.91. The minimum absolute atomic E-state index is 0.0546. The fourth-order valence-corrected chi connectivity index (χ4v) is 1.47. The molecule has 0 saturated carbocycles. The zero-order valence-electron chi connectivity index (χ0n) is 11.1. The minimum atomic E-state index is -4.77. The molecule has 0 fully saturated rings. The van der Waals surface area contributed by atoms with Gasteiger partial charge in [-0.3, -0.25) is 0 Å². The van der Waals surface area contributed by atoms with Gasteiger partial charge in [0.15, 0.2) is 11.0 Å². The maximum Gasteiger partial charge on any atom is 0.485 e. The van der Waals surface area contributed by atoms with Crippen LogP contribution in [-0.2, 0) is 20.5 Å². The van der Waals surface area contributed by atoms with E-state index in [2.05, 4.69) is 6.58 Å². The van der Waals surface area contributed by atoms with Crippen LogP contribution in [-0.4, -0.2) is 28.8 Å². The molecule has 0 aromatic rings. The smallest absolute Gasteiger partial charge is 0.462 e. The molecule has 1 N–H and O–H groups in total. The van der Waals surface area contributed by atoms with Gasteiger partial charge in [-0.2, -0.15) is 13.2 Å². The Morgan fingerprint density at radius 2 is 1.89 bits per heavy atom. The highest BCUT2D eigenvalue weighted by Crippen LogP contribution is 2.22. The summed E-state index contributed by atoms with van der Waals surface area (Å²) >= 11 is 0. The van der Waals surface area contributed by atoms with Crippen LogP contribution in [0, 0.1) is 5.41 Å².